The standard InChI is InChI=1S/C15H20N2S/c1-3-7-17-15(14-6-10-18-12(14)2)11-13-4-8-16-9-5-13/h4-6,8-10,15,17H,3,7,11H2,1-2H3. The van der Waals surface area contributed by atoms with Crippen molar-refractivity contribution in [2.24, 2.45) is 0 Å². The molecule has 0 aliphatic carbocycles. The predicted octanol–water partition coefficient (Wildman–Crippen LogP) is 3.73. The lowest BCUT2D eigenvalue weighted by atomic mass is 10.00. The van der Waals surface area contributed by atoms with Crippen molar-refractivity contribution in [1.82, 2.24) is 10.3 Å². The third-order valence-electron chi connectivity index (χ3n) is 3.10. The topological polar surface area (TPSA) is 24.9 Å². The summed E-state index contributed by atoms with van der Waals surface area (Å²) >= 11 is 1.82. The molecular formula is C15H20N2S. The Balaban J connectivity index is 2.13. The molecular weight excluding hydrogens is 240 g/mol. The predicted molar refractivity (Wildman–Crippen MR) is 78.0 cm³/mol. The van der Waals surface area contributed by atoms with Crippen LogP contribution >= 0.6 is 11.3 Å². The normalized spacial score (nSPS) is 12.6. The first-order chi connectivity index (χ1) is 8.81. The van der Waals surface area contributed by atoms with E-state index in [4.69, 9.17) is 0 Å². The molecule has 2 heterocycles. The highest BCUT2D eigenvalue weighted by atomic mass is 32.1. The van der Waals surface area contributed by atoms with Crippen LogP contribution in [-0.4, -0.2) is 11.5 Å². The maximum atomic E-state index is 4.08. The van der Waals surface area contributed by atoms with E-state index in [0.29, 0.717) is 6.04 Å². The number of pyridine rings is 1. The first kappa shape index (κ1) is 13.2. The molecule has 0 bridgehead atoms. The average molecular weight is 260 g/mol. The fourth-order valence-electron chi connectivity index (χ4n) is 2.12. The second-order valence-corrected chi connectivity index (χ2v) is 5.62. The third-order valence-corrected chi connectivity index (χ3v) is 3.97. The van der Waals surface area contributed by atoms with Gasteiger partial charge in [-0.2, -0.15) is 0 Å². The Bertz CT molecular complexity index is 464. The first-order valence-corrected chi connectivity index (χ1v) is 7.35. The van der Waals surface area contributed by atoms with Crippen molar-refractivity contribution in [2.45, 2.75) is 32.7 Å². The Kier molecular flexibility index (Phi) is 4.90. The Hall–Kier alpha value is -1.19. The van der Waals surface area contributed by atoms with Gasteiger partial charge < -0.3 is 5.32 Å². The summed E-state index contributed by atoms with van der Waals surface area (Å²) in [6, 6.07) is 6.86. The lowest BCUT2D eigenvalue weighted by Gasteiger charge is -2.19. The van der Waals surface area contributed by atoms with Crippen LogP contribution in [0, 0.1) is 6.92 Å². The number of thiophene rings is 1. The second-order valence-electron chi connectivity index (χ2n) is 4.50. The molecule has 0 saturated heterocycles. The average Bonchev–Trinajstić information content (AvgIpc) is 2.82. The summed E-state index contributed by atoms with van der Waals surface area (Å²) in [5, 5.41) is 5.83. The Morgan fingerprint density at radius 3 is 2.67 bits per heavy atom. The number of rotatable bonds is 6. The molecule has 0 aliphatic rings. The molecule has 1 N–H and O–H groups in total. The second kappa shape index (κ2) is 6.66. The number of aryl methyl sites for hydroxylation is 1. The van der Waals surface area contributed by atoms with Gasteiger partial charge in [-0.15, -0.1) is 11.3 Å². The summed E-state index contributed by atoms with van der Waals surface area (Å²) in [5.41, 5.74) is 2.77. The minimum Gasteiger partial charge on any atom is -0.310 e. The van der Waals surface area contributed by atoms with Crippen LogP contribution in [0.5, 0.6) is 0 Å². The monoisotopic (exact) mass is 260 g/mol. The van der Waals surface area contributed by atoms with E-state index in [2.05, 4.69) is 47.7 Å². The van der Waals surface area contributed by atoms with E-state index in [-0.39, 0.29) is 0 Å². The molecule has 2 nitrogen and oxygen atoms in total. The summed E-state index contributed by atoms with van der Waals surface area (Å²) < 4.78 is 0. The number of nitrogens with one attached hydrogen (secondary N) is 1. The van der Waals surface area contributed by atoms with Crippen molar-refractivity contribution in [2.75, 3.05) is 6.54 Å². The van der Waals surface area contributed by atoms with Gasteiger partial charge in [-0.25, -0.2) is 0 Å². The van der Waals surface area contributed by atoms with Gasteiger partial charge >= 0.3 is 0 Å². The maximum absolute atomic E-state index is 4.08. The first-order valence-electron chi connectivity index (χ1n) is 6.47. The van der Waals surface area contributed by atoms with Gasteiger partial charge in [0.25, 0.3) is 0 Å². The summed E-state index contributed by atoms with van der Waals surface area (Å²) in [6.45, 7) is 5.47. The highest BCUT2D eigenvalue weighted by molar-refractivity contribution is 7.10. The van der Waals surface area contributed by atoms with Crippen molar-refractivity contribution < 1.29 is 0 Å². The maximum Gasteiger partial charge on any atom is 0.0371 e. The molecule has 2 aromatic heterocycles. The van der Waals surface area contributed by atoms with Gasteiger partial charge in [0.05, 0.1) is 0 Å². The molecule has 96 valence electrons. The van der Waals surface area contributed by atoms with E-state index >= 15 is 0 Å². The van der Waals surface area contributed by atoms with Crippen LogP contribution in [0.1, 0.15) is 35.4 Å². The largest absolute Gasteiger partial charge is 0.310 e. The van der Waals surface area contributed by atoms with Crippen molar-refractivity contribution in [1.29, 1.82) is 0 Å². The molecule has 1 unspecified atom stereocenters. The number of aromatic nitrogens is 1. The van der Waals surface area contributed by atoms with Crippen LogP contribution in [-0.2, 0) is 6.42 Å². The zero-order chi connectivity index (χ0) is 12.8. The van der Waals surface area contributed by atoms with Gasteiger partial charge in [0, 0.05) is 23.3 Å². The quantitative estimate of drug-likeness (QED) is 0.856. The van der Waals surface area contributed by atoms with E-state index in [0.717, 1.165) is 19.4 Å². The molecule has 1 atom stereocenters. The Morgan fingerprint density at radius 1 is 1.28 bits per heavy atom. The zero-order valence-electron chi connectivity index (χ0n) is 11.0. The fourth-order valence-corrected chi connectivity index (χ4v) is 2.89. The van der Waals surface area contributed by atoms with Crippen molar-refractivity contribution in [3.05, 3.63) is 52.0 Å². The van der Waals surface area contributed by atoms with Crippen molar-refractivity contribution in [3.8, 4) is 0 Å². The summed E-state index contributed by atoms with van der Waals surface area (Å²) in [5.74, 6) is 0. The van der Waals surface area contributed by atoms with Crippen LogP contribution in [0.3, 0.4) is 0 Å². The summed E-state index contributed by atoms with van der Waals surface area (Å²) in [6.07, 6.45) is 5.93. The number of hydrogen-bond acceptors (Lipinski definition) is 3. The van der Waals surface area contributed by atoms with Crippen LogP contribution in [0.15, 0.2) is 36.0 Å². The highest BCUT2D eigenvalue weighted by Gasteiger charge is 2.14. The van der Waals surface area contributed by atoms with Gasteiger partial charge in [-0.3, -0.25) is 4.98 Å². The molecule has 0 fully saturated rings. The highest BCUT2D eigenvalue weighted by Crippen LogP contribution is 2.25. The minimum atomic E-state index is 0.415. The van der Waals surface area contributed by atoms with E-state index in [1.807, 2.05) is 23.7 Å². The van der Waals surface area contributed by atoms with E-state index in [1.165, 1.54) is 16.0 Å². The molecule has 3 heteroatoms. The van der Waals surface area contributed by atoms with E-state index < -0.39 is 0 Å². The van der Waals surface area contributed by atoms with Gasteiger partial charge in [-0.05, 0) is 61.0 Å². The van der Waals surface area contributed by atoms with Crippen LogP contribution in [0.2, 0.25) is 0 Å². The minimum absolute atomic E-state index is 0.415. The fraction of sp³-hybridized carbons (Fsp3) is 0.400. The van der Waals surface area contributed by atoms with Crippen LogP contribution in [0.4, 0.5) is 0 Å². The smallest absolute Gasteiger partial charge is 0.0371 e. The van der Waals surface area contributed by atoms with Crippen molar-refractivity contribution in [3.63, 3.8) is 0 Å². The van der Waals surface area contributed by atoms with E-state index in [1.54, 1.807) is 0 Å². The number of hydrogen-bond donors (Lipinski definition) is 1. The molecule has 18 heavy (non-hydrogen) atoms. The Labute approximate surface area is 113 Å². The summed E-state index contributed by atoms with van der Waals surface area (Å²) in [4.78, 5) is 5.49. The molecule has 0 aromatic carbocycles. The molecule has 0 saturated carbocycles. The zero-order valence-corrected chi connectivity index (χ0v) is 11.8. The molecule has 0 aliphatic heterocycles. The molecule has 2 rings (SSSR count). The van der Waals surface area contributed by atoms with Crippen LogP contribution < -0.4 is 5.32 Å². The van der Waals surface area contributed by atoms with Crippen molar-refractivity contribution >= 4 is 11.3 Å². The lowest BCUT2D eigenvalue weighted by Crippen LogP contribution is -2.24. The molecule has 2 aromatic rings. The third kappa shape index (κ3) is 3.40. The van der Waals surface area contributed by atoms with Crippen LogP contribution in [0.25, 0.3) is 0 Å². The van der Waals surface area contributed by atoms with E-state index in [9.17, 15) is 0 Å². The molecule has 0 radical (unpaired) electrons. The van der Waals surface area contributed by atoms with Gasteiger partial charge in [0.1, 0.15) is 0 Å². The Morgan fingerprint density at radius 2 is 2.06 bits per heavy atom. The lowest BCUT2D eigenvalue weighted by molar-refractivity contribution is 0.528. The SMILES string of the molecule is CCCNC(Cc1ccncc1)c1ccsc1C. The summed E-state index contributed by atoms with van der Waals surface area (Å²) in [7, 11) is 0. The van der Waals surface area contributed by atoms with Gasteiger partial charge in [0.15, 0.2) is 0 Å². The van der Waals surface area contributed by atoms with Gasteiger partial charge in [0.2, 0.25) is 0 Å². The molecule has 0 spiro atoms. The number of nitrogens with zero attached hydrogens (tertiary/aromatic N) is 1. The molecule has 0 amide bonds. The van der Waals surface area contributed by atoms with Gasteiger partial charge in [-0.1, -0.05) is 6.92 Å².